The van der Waals surface area contributed by atoms with Crippen LogP contribution in [0.1, 0.15) is 31.9 Å². The molecule has 1 aromatic heterocycles. The van der Waals surface area contributed by atoms with Gasteiger partial charge in [-0.15, -0.1) is 5.10 Å². The molecule has 0 aromatic carbocycles. The third-order valence-electron chi connectivity index (χ3n) is 3.22. The zero-order valence-corrected chi connectivity index (χ0v) is 9.22. The van der Waals surface area contributed by atoms with Crippen molar-refractivity contribution in [3.05, 3.63) is 24.0 Å². The molecule has 0 bridgehead atoms. The Hall–Kier alpha value is -1.16. The first kappa shape index (κ1) is 10.4. The molecule has 0 amide bonds. The molecule has 1 aliphatic carbocycles. The Balaban J connectivity index is 2.26. The number of hydrogen-bond donors (Lipinski definition) is 1. The van der Waals surface area contributed by atoms with Gasteiger partial charge in [0.1, 0.15) is 5.60 Å². The number of allylic oxidation sites excluding steroid dienone is 1. The summed E-state index contributed by atoms with van der Waals surface area (Å²) in [5.41, 5.74) is -0.0995. The second kappa shape index (κ2) is 3.77. The fourth-order valence-corrected chi connectivity index (χ4v) is 2.12. The maximum absolute atomic E-state index is 10.4. The van der Waals surface area contributed by atoms with Crippen LogP contribution in [0.3, 0.4) is 0 Å². The first-order chi connectivity index (χ1) is 7.15. The van der Waals surface area contributed by atoms with Gasteiger partial charge >= 0.3 is 0 Å². The van der Waals surface area contributed by atoms with E-state index in [1.54, 1.807) is 17.9 Å². The van der Waals surface area contributed by atoms with Crippen LogP contribution in [-0.4, -0.2) is 20.1 Å². The monoisotopic (exact) mass is 207 g/mol. The zero-order valence-electron chi connectivity index (χ0n) is 9.22. The third-order valence-corrected chi connectivity index (χ3v) is 3.22. The van der Waals surface area contributed by atoms with Crippen molar-refractivity contribution >= 4 is 0 Å². The largest absolute Gasteiger partial charge is 0.379 e. The first-order valence-electron chi connectivity index (χ1n) is 5.42. The van der Waals surface area contributed by atoms with Gasteiger partial charge in [0.25, 0.3) is 0 Å². The van der Waals surface area contributed by atoms with Gasteiger partial charge in [0.15, 0.2) is 0 Å². The molecule has 2 unspecified atom stereocenters. The first-order valence-corrected chi connectivity index (χ1v) is 5.42. The van der Waals surface area contributed by atoms with E-state index in [2.05, 4.69) is 23.3 Å². The van der Waals surface area contributed by atoms with Crippen molar-refractivity contribution in [2.45, 2.75) is 31.8 Å². The van der Waals surface area contributed by atoms with E-state index in [9.17, 15) is 5.11 Å². The van der Waals surface area contributed by atoms with E-state index in [-0.39, 0.29) is 0 Å². The van der Waals surface area contributed by atoms with Crippen LogP contribution in [0, 0.1) is 5.92 Å². The Morgan fingerprint density at radius 3 is 2.93 bits per heavy atom. The molecule has 2 rings (SSSR count). The number of rotatable bonds is 2. The van der Waals surface area contributed by atoms with Gasteiger partial charge in [-0.2, -0.15) is 0 Å². The Morgan fingerprint density at radius 1 is 1.67 bits per heavy atom. The van der Waals surface area contributed by atoms with Crippen LogP contribution in [0.4, 0.5) is 0 Å². The van der Waals surface area contributed by atoms with E-state index in [4.69, 9.17) is 0 Å². The van der Waals surface area contributed by atoms with Gasteiger partial charge in [-0.05, 0) is 25.2 Å². The van der Waals surface area contributed by atoms with Crippen LogP contribution in [0.25, 0.3) is 0 Å². The lowest BCUT2D eigenvalue weighted by molar-refractivity contribution is 0.0577. The number of nitrogens with zero attached hydrogens (tertiary/aromatic N) is 3. The van der Waals surface area contributed by atoms with Gasteiger partial charge in [-0.1, -0.05) is 24.3 Å². The average molecular weight is 207 g/mol. The Kier molecular flexibility index (Phi) is 2.61. The highest BCUT2D eigenvalue weighted by molar-refractivity contribution is 5.20. The maximum Gasteiger partial charge on any atom is 0.126 e. The van der Waals surface area contributed by atoms with Crippen LogP contribution in [0.2, 0.25) is 0 Å². The predicted octanol–water partition coefficient (Wildman–Crippen LogP) is 1.38. The highest BCUT2D eigenvalue weighted by Gasteiger charge is 2.32. The summed E-state index contributed by atoms with van der Waals surface area (Å²) >= 11 is 0. The molecular formula is C11H17N3O. The van der Waals surface area contributed by atoms with Crippen molar-refractivity contribution in [1.29, 1.82) is 0 Å². The number of aromatic nitrogens is 3. The fourth-order valence-electron chi connectivity index (χ4n) is 2.12. The summed E-state index contributed by atoms with van der Waals surface area (Å²) in [6.07, 6.45) is 8.55. The van der Waals surface area contributed by atoms with E-state index in [1.807, 2.05) is 6.08 Å². The quantitative estimate of drug-likeness (QED) is 0.745. The lowest BCUT2D eigenvalue weighted by Crippen LogP contribution is -2.29. The maximum atomic E-state index is 10.4. The molecule has 2 atom stereocenters. The predicted molar refractivity (Wildman–Crippen MR) is 57.1 cm³/mol. The topological polar surface area (TPSA) is 50.9 Å². The molecule has 1 aromatic rings. The lowest BCUT2D eigenvalue weighted by atomic mass is 9.82. The highest BCUT2D eigenvalue weighted by Crippen LogP contribution is 2.34. The second-order valence-corrected chi connectivity index (χ2v) is 4.23. The van der Waals surface area contributed by atoms with Gasteiger partial charge in [0.05, 0.1) is 11.9 Å². The third kappa shape index (κ3) is 1.81. The number of aliphatic hydroxyl groups is 1. The number of aryl methyl sites for hydroxylation is 1. The lowest BCUT2D eigenvalue weighted by Gasteiger charge is -2.30. The molecule has 15 heavy (non-hydrogen) atoms. The molecule has 0 radical (unpaired) electrons. The van der Waals surface area contributed by atoms with E-state index in [0.29, 0.717) is 5.92 Å². The average Bonchev–Trinajstić information content (AvgIpc) is 2.66. The van der Waals surface area contributed by atoms with E-state index < -0.39 is 5.60 Å². The summed E-state index contributed by atoms with van der Waals surface area (Å²) in [5, 5.41) is 18.1. The van der Waals surface area contributed by atoms with Crippen LogP contribution >= 0.6 is 0 Å². The van der Waals surface area contributed by atoms with E-state index >= 15 is 0 Å². The van der Waals surface area contributed by atoms with Gasteiger partial charge in [-0.3, -0.25) is 0 Å². The smallest absolute Gasteiger partial charge is 0.126 e. The Morgan fingerprint density at radius 2 is 2.47 bits per heavy atom. The van der Waals surface area contributed by atoms with Crippen molar-refractivity contribution < 1.29 is 5.11 Å². The molecule has 4 heteroatoms. The van der Waals surface area contributed by atoms with Crippen LogP contribution in [-0.2, 0) is 12.6 Å². The minimum Gasteiger partial charge on any atom is -0.379 e. The summed E-state index contributed by atoms with van der Waals surface area (Å²) in [7, 11) is 1.81. The number of hydrogen-bond acceptors (Lipinski definition) is 3. The minimum absolute atomic E-state index is 0.603. The van der Waals surface area contributed by atoms with Crippen molar-refractivity contribution in [3.8, 4) is 0 Å². The summed E-state index contributed by atoms with van der Waals surface area (Å²) in [6, 6.07) is 0. The van der Waals surface area contributed by atoms with Gasteiger partial charge < -0.3 is 5.11 Å². The van der Waals surface area contributed by atoms with Crippen molar-refractivity contribution in [2.75, 3.05) is 0 Å². The van der Waals surface area contributed by atoms with Crippen molar-refractivity contribution in [2.24, 2.45) is 13.0 Å². The molecule has 1 N–H and O–H groups in total. The molecule has 0 fully saturated rings. The van der Waals surface area contributed by atoms with Crippen molar-refractivity contribution in [3.63, 3.8) is 0 Å². The van der Waals surface area contributed by atoms with E-state index in [1.165, 1.54) is 0 Å². The summed E-state index contributed by atoms with van der Waals surface area (Å²) in [5.74, 6) is 0.603. The molecular weight excluding hydrogens is 190 g/mol. The van der Waals surface area contributed by atoms with Crippen LogP contribution in [0.5, 0.6) is 0 Å². The van der Waals surface area contributed by atoms with Gasteiger partial charge in [0.2, 0.25) is 0 Å². The van der Waals surface area contributed by atoms with Gasteiger partial charge in [0, 0.05) is 7.05 Å². The Labute approximate surface area is 89.6 Å². The van der Waals surface area contributed by atoms with Crippen LogP contribution < -0.4 is 0 Å². The summed E-state index contributed by atoms with van der Waals surface area (Å²) in [4.78, 5) is 0. The summed E-state index contributed by atoms with van der Waals surface area (Å²) < 4.78 is 1.64. The molecule has 82 valence electrons. The standard InChI is InChI=1S/C11H17N3O/c1-3-9-4-6-11(15,7-5-9)10-8-12-13-14(10)2/h4,6,8-9,15H,3,5,7H2,1-2H3. The Bertz CT molecular complexity index is 372. The highest BCUT2D eigenvalue weighted by atomic mass is 16.3. The molecule has 0 saturated heterocycles. The second-order valence-electron chi connectivity index (χ2n) is 4.23. The van der Waals surface area contributed by atoms with E-state index in [0.717, 1.165) is 25.0 Å². The molecule has 1 aliphatic rings. The molecule has 0 saturated carbocycles. The normalized spacial score (nSPS) is 30.7. The SMILES string of the molecule is CCC1C=CC(O)(c2cnnn2C)CC1. The van der Waals surface area contributed by atoms with Gasteiger partial charge in [-0.25, -0.2) is 4.68 Å². The minimum atomic E-state index is -0.871. The molecule has 1 heterocycles. The molecule has 0 spiro atoms. The zero-order chi connectivity index (χ0) is 10.9. The van der Waals surface area contributed by atoms with Crippen LogP contribution in [0.15, 0.2) is 18.3 Å². The fraction of sp³-hybridized carbons (Fsp3) is 0.636. The van der Waals surface area contributed by atoms with Crippen molar-refractivity contribution in [1.82, 2.24) is 15.0 Å². The summed E-state index contributed by atoms with van der Waals surface area (Å²) in [6.45, 7) is 2.17. The molecule has 4 nitrogen and oxygen atoms in total. The molecule has 0 aliphatic heterocycles.